The molecule has 0 aliphatic carbocycles. The Kier molecular flexibility index (Phi) is 8.94. The molecule has 1 saturated heterocycles. The topological polar surface area (TPSA) is 91.4 Å². The zero-order valence-electron chi connectivity index (χ0n) is 22.2. The van der Waals surface area contributed by atoms with Gasteiger partial charge in [-0.15, -0.1) is 0 Å². The van der Waals surface area contributed by atoms with E-state index in [4.69, 9.17) is 16.3 Å². The summed E-state index contributed by atoms with van der Waals surface area (Å²) in [5.41, 5.74) is 1.00. The van der Waals surface area contributed by atoms with Crippen molar-refractivity contribution in [3.63, 3.8) is 0 Å². The van der Waals surface area contributed by atoms with Crippen LogP contribution in [0.3, 0.4) is 0 Å². The summed E-state index contributed by atoms with van der Waals surface area (Å²) in [6.45, 7) is 4.11. The third-order valence-corrected chi connectivity index (χ3v) is 7.22. The number of hydrogen-bond acceptors (Lipinski definition) is 7. The number of fused-ring (bicyclic) bond motifs is 1. The van der Waals surface area contributed by atoms with Gasteiger partial charge in [0.15, 0.2) is 0 Å². The van der Waals surface area contributed by atoms with Crippen molar-refractivity contribution in [3.8, 4) is 11.5 Å². The van der Waals surface area contributed by atoms with Crippen LogP contribution >= 0.6 is 11.6 Å². The van der Waals surface area contributed by atoms with Gasteiger partial charge in [-0.1, -0.05) is 24.1 Å². The van der Waals surface area contributed by atoms with Gasteiger partial charge in [-0.25, -0.2) is 9.97 Å². The van der Waals surface area contributed by atoms with Crippen molar-refractivity contribution < 1.29 is 22.7 Å². The molecule has 0 radical (unpaired) electrons. The van der Waals surface area contributed by atoms with E-state index < -0.39 is 11.7 Å². The number of benzene rings is 2. The lowest BCUT2D eigenvalue weighted by atomic mass is 10.1. The molecular formula is C29H30ClF3N6O2. The first kappa shape index (κ1) is 28.7. The van der Waals surface area contributed by atoms with Crippen LogP contribution in [0.4, 0.5) is 30.5 Å². The molecule has 0 atom stereocenters. The van der Waals surface area contributed by atoms with Crippen molar-refractivity contribution in [2.45, 2.75) is 31.9 Å². The highest BCUT2D eigenvalue weighted by Crippen LogP contribution is 2.36. The fraction of sp³-hybridized carbons (Fsp3) is 0.345. The Hall–Kier alpha value is -3.83. The normalized spacial score (nSPS) is 15.7. The average Bonchev–Trinajstić information content (AvgIpc) is 3.18. The number of ether oxygens (including phenoxy) is 1. The van der Waals surface area contributed by atoms with Gasteiger partial charge < -0.3 is 25.6 Å². The molecule has 12 heteroatoms. The molecule has 0 unspecified atom stereocenters. The van der Waals surface area contributed by atoms with Gasteiger partial charge in [-0.3, -0.25) is 4.79 Å². The number of aromatic nitrogens is 2. The minimum atomic E-state index is -4.48. The molecule has 1 aromatic heterocycles. The Balaban J connectivity index is 1.28. The first-order chi connectivity index (χ1) is 19.8. The molecule has 8 nitrogen and oxygen atoms in total. The highest BCUT2D eigenvalue weighted by molar-refractivity contribution is 6.32. The fourth-order valence-electron chi connectivity index (χ4n) is 4.80. The number of likely N-dealkylation sites (tertiary alicyclic amines) is 1. The SMILES string of the molecule is O=C(NCCN1CCCCC1)C1=Cc2c(ncnc2Nc2ccc(Oc3cccc(C(F)(F)F)c3)c(Cl)c2)NCC1. The minimum absolute atomic E-state index is 0.0153. The van der Waals surface area contributed by atoms with Crippen molar-refractivity contribution in [2.75, 3.05) is 43.4 Å². The first-order valence-electron chi connectivity index (χ1n) is 13.5. The zero-order chi connectivity index (χ0) is 28.8. The maximum atomic E-state index is 13.1. The second-order valence-electron chi connectivity index (χ2n) is 9.89. The molecule has 41 heavy (non-hydrogen) atoms. The smallest absolute Gasteiger partial charge is 0.416 e. The number of alkyl halides is 3. The van der Waals surface area contributed by atoms with Crippen molar-refractivity contribution in [1.82, 2.24) is 20.2 Å². The van der Waals surface area contributed by atoms with E-state index >= 15 is 0 Å². The Morgan fingerprint density at radius 3 is 2.71 bits per heavy atom. The molecule has 1 fully saturated rings. The third kappa shape index (κ3) is 7.47. The number of hydrogen-bond donors (Lipinski definition) is 3. The molecule has 216 valence electrons. The van der Waals surface area contributed by atoms with Gasteiger partial charge in [0.1, 0.15) is 29.5 Å². The van der Waals surface area contributed by atoms with E-state index in [2.05, 4.69) is 30.8 Å². The lowest BCUT2D eigenvalue weighted by molar-refractivity contribution is -0.137. The molecule has 0 bridgehead atoms. The summed E-state index contributed by atoms with van der Waals surface area (Å²) >= 11 is 6.41. The molecule has 2 aliphatic rings. The molecule has 0 spiro atoms. The maximum Gasteiger partial charge on any atom is 0.416 e. The number of nitrogens with one attached hydrogen (secondary N) is 3. The maximum absolute atomic E-state index is 13.1. The zero-order valence-corrected chi connectivity index (χ0v) is 23.0. The number of anilines is 3. The van der Waals surface area contributed by atoms with Crippen LogP contribution in [0.5, 0.6) is 11.5 Å². The quantitative estimate of drug-likeness (QED) is 0.278. The van der Waals surface area contributed by atoms with Crippen LogP contribution in [0, 0.1) is 0 Å². The van der Waals surface area contributed by atoms with E-state index in [9.17, 15) is 18.0 Å². The fourth-order valence-corrected chi connectivity index (χ4v) is 5.02. The van der Waals surface area contributed by atoms with Crippen LogP contribution in [0.2, 0.25) is 5.02 Å². The first-order valence-corrected chi connectivity index (χ1v) is 13.9. The van der Waals surface area contributed by atoms with Crippen LogP contribution in [0.25, 0.3) is 6.08 Å². The lowest BCUT2D eigenvalue weighted by Crippen LogP contribution is -2.38. The number of piperidine rings is 1. The number of carbonyl (C=O) groups excluding carboxylic acids is 1. The van der Waals surface area contributed by atoms with Gasteiger partial charge >= 0.3 is 6.18 Å². The van der Waals surface area contributed by atoms with Crippen molar-refractivity contribution in [3.05, 3.63) is 70.5 Å². The summed E-state index contributed by atoms with van der Waals surface area (Å²) in [6, 6.07) is 9.40. The Bertz CT molecular complexity index is 1430. The van der Waals surface area contributed by atoms with E-state index in [1.165, 1.54) is 37.7 Å². The number of halogens is 4. The van der Waals surface area contributed by atoms with E-state index in [-0.39, 0.29) is 22.4 Å². The van der Waals surface area contributed by atoms with Crippen molar-refractivity contribution in [1.29, 1.82) is 0 Å². The highest BCUT2D eigenvalue weighted by Gasteiger charge is 2.30. The second kappa shape index (κ2) is 12.8. The minimum Gasteiger partial charge on any atom is -0.456 e. The summed E-state index contributed by atoms with van der Waals surface area (Å²) in [7, 11) is 0. The molecule has 1 amide bonds. The monoisotopic (exact) mass is 586 g/mol. The van der Waals surface area contributed by atoms with E-state index in [1.54, 1.807) is 24.3 Å². The summed E-state index contributed by atoms with van der Waals surface area (Å²) in [5, 5.41) is 9.68. The summed E-state index contributed by atoms with van der Waals surface area (Å²) < 4.78 is 44.8. The number of amides is 1. The van der Waals surface area contributed by atoms with Gasteiger partial charge in [-0.2, -0.15) is 13.2 Å². The summed E-state index contributed by atoms with van der Waals surface area (Å²) in [5.74, 6) is 1.15. The van der Waals surface area contributed by atoms with Gasteiger partial charge in [0.05, 0.1) is 16.1 Å². The summed E-state index contributed by atoms with van der Waals surface area (Å²) in [4.78, 5) is 24.1. The molecule has 2 aromatic carbocycles. The van der Waals surface area contributed by atoms with E-state index in [1.807, 2.05) is 0 Å². The highest BCUT2D eigenvalue weighted by atomic mass is 35.5. The van der Waals surface area contributed by atoms with Gasteiger partial charge in [0.25, 0.3) is 0 Å². The number of carbonyl (C=O) groups is 1. The molecule has 0 saturated carbocycles. The van der Waals surface area contributed by atoms with Crippen LogP contribution in [0.1, 0.15) is 36.8 Å². The second-order valence-corrected chi connectivity index (χ2v) is 10.3. The third-order valence-electron chi connectivity index (χ3n) is 6.93. The lowest BCUT2D eigenvalue weighted by Gasteiger charge is -2.26. The molecule has 3 aromatic rings. The van der Waals surface area contributed by atoms with Crippen LogP contribution < -0.4 is 20.7 Å². The molecule has 5 rings (SSSR count). The molecule has 2 aliphatic heterocycles. The van der Waals surface area contributed by atoms with Crippen molar-refractivity contribution >= 4 is 40.9 Å². The van der Waals surface area contributed by atoms with E-state index in [0.29, 0.717) is 48.0 Å². The van der Waals surface area contributed by atoms with Crippen LogP contribution in [-0.2, 0) is 11.0 Å². The Morgan fingerprint density at radius 1 is 1.10 bits per heavy atom. The molecule has 3 heterocycles. The summed E-state index contributed by atoms with van der Waals surface area (Å²) in [6.07, 6.45) is 2.92. The Labute approximate surface area is 241 Å². The number of nitrogens with zero attached hydrogens (tertiary/aromatic N) is 3. The average molecular weight is 587 g/mol. The predicted octanol–water partition coefficient (Wildman–Crippen LogP) is 6.49. The standard InChI is InChI=1S/C29H30ClF3N6O2/c30-24-17-21(7-8-25(24)41-22-6-4-5-20(16-22)29(31,32)33)38-27-23-15-19(9-10-34-26(23)36-18-37-27)28(40)35-11-14-39-12-2-1-3-13-39/h4-8,15-18H,1-3,9-14H2,(H,35,40)(H2,34,36,37,38). The van der Waals surface area contributed by atoms with Crippen molar-refractivity contribution in [2.24, 2.45) is 0 Å². The van der Waals surface area contributed by atoms with Crippen LogP contribution in [-0.4, -0.2) is 53.5 Å². The van der Waals surface area contributed by atoms with Crippen LogP contribution in [0.15, 0.2) is 54.4 Å². The van der Waals surface area contributed by atoms with Gasteiger partial charge in [0.2, 0.25) is 5.91 Å². The van der Waals surface area contributed by atoms with Gasteiger partial charge in [-0.05, 0) is 74.8 Å². The largest absolute Gasteiger partial charge is 0.456 e. The van der Waals surface area contributed by atoms with E-state index in [0.717, 1.165) is 31.8 Å². The molecular weight excluding hydrogens is 557 g/mol. The predicted molar refractivity (Wildman–Crippen MR) is 153 cm³/mol. The number of rotatable bonds is 8. The Morgan fingerprint density at radius 2 is 1.93 bits per heavy atom. The molecule has 3 N–H and O–H groups in total. The van der Waals surface area contributed by atoms with Gasteiger partial charge in [0, 0.05) is 30.9 Å².